The molecule has 0 spiro atoms. The molecule has 0 saturated heterocycles. The third-order valence-corrected chi connectivity index (χ3v) is 3.11. The summed E-state index contributed by atoms with van der Waals surface area (Å²) < 4.78 is 16.9. The molecule has 1 aromatic rings. The maximum absolute atomic E-state index is 5.73. The highest BCUT2D eigenvalue weighted by Gasteiger charge is 2.15. The van der Waals surface area contributed by atoms with E-state index in [4.69, 9.17) is 14.2 Å². The molecule has 0 aromatic heterocycles. The predicted octanol–water partition coefficient (Wildman–Crippen LogP) is 2.54. The lowest BCUT2D eigenvalue weighted by atomic mass is 10.1. The molecule has 106 valence electrons. The Kier molecular flexibility index (Phi) is 5.48. The number of ether oxygens (including phenoxy) is 3. The van der Waals surface area contributed by atoms with Gasteiger partial charge in [0.1, 0.15) is 0 Å². The van der Waals surface area contributed by atoms with Gasteiger partial charge in [0.15, 0.2) is 11.5 Å². The molecule has 0 saturated carbocycles. The van der Waals surface area contributed by atoms with Gasteiger partial charge >= 0.3 is 0 Å². The molecule has 1 unspecified atom stereocenters. The minimum Gasteiger partial charge on any atom is -0.490 e. The van der Waals surface area contributed by atoms with Crippen LogP contribution in [0, 0.1) is 0 Å². The van der Waals surface area contributed by atoms with Gasteiger partial charge in [-0.3, -0.25) is 0 Å². The van der Waals surface area contributed by atoms with Gasteiger partial charge < -0.3 is 19.5 Å². The lowest BCUT2D eigenvalue weighted by Crippen LogP contribution is -2.25. The number of hydrogen-bond donors (Lipinski definition) is 1. The highest BCUT2D eigenvalue weighted by Crippen LogP contribution is 2.32. The van der Waals surface area contributed by atoms with E-state index in [1.165, 1.54) is 5.56 Å². The molecule has 1 aromatic carbocycles. The van der Waals surface area contributed by atoms with Crippen LogP contribution in [0.25, 0.3) is 0 Å². The molecule has 19 heavy (non-hydrogen) atoms. The molecule has 1 N–H and O–H groups in total. The van der Waals surface area contributed by atoms with Crippen molar-refractivity contribution >= 4 is 0 Å². The number of fused-ring (bicyclic) bond motifs is 1. The summed E-state index contributed by atoms with van der Waals surface area (Å²) in [6.45, 7) is 7.86. The van der Waals surface area contributed by atoms with Gasteiger partial charge in [0.05, 0.1) is 25.9 Å². The normalized spacial score (nSPS) is 15.9. The van der Waals surface area contributed by atoms with Gasteiger partial charge in [-0.1, -0.05) is 13.0 Å². The first-order valence-corrected chi connectivity index (χ1v) is 7.05. The van der Waals surface area contributed by atoms with Gasteiger partial charge in [0.2, 0.25) is 0 Å². The predicted molar refractivity (Wildman–Crippen MR) is 75.0 cm³/mol. The van der Waals surface area contributed by atoms with Crippen molar-refractivity contribution in [1.29, 1.82) is 0 Å². The first kappa shape index (κ1) is 14.2. The van der Waals surface area contributed by atoms with E-state index in [0.29, 0.717) is 13.2 Å². The van der Waals surface area contributed by atoms with Gasteiger partial charge in [-0.15, -0.1) is 0 Å². The standard InChI is InChI=1S/C15H23NO3/c1-3-16-13(11-17-4-2)12-6-7-14-15(10-12)19-9-5-8-18-14/h6-7,10,13,16H,3-5,8-9,11H2,1-2H3. The molecule has 0 amide bonds. The molecule has 0 radical (unpaired) electrons. The quantitative estimate of drug-likeness (QED) is 0.858. The Hall–Kier alpha value is -1.26. The second-order valence-electron chi connectivity index (χ2n) is 4.53. The Balaban J connectivity index is 2.15. The molecule has 0 aliphatic carbocycles. The third kappa shape index (κ3) is 3.85. The van der Waals surface area contributed by atoms with Gasteiger partial charge in [-0.05, 0) is 31.2 Å². The minimum absolute atomic E-state index is 0.196. The lowest BCUT2D eigenvalue weighted by molar-refractivity contribution is 0.123. The van der Waals surface area contributed by atoms with Crippen molar-refractivity contribution in [1.82, 2.24) is 5.32 Å². The molecule has 1 aliphatic rings. The van der Waals surface area contributed by atoms with E-state index >= 15 is 0 Å². The zero-order valence-corrected chi connectivity index (χ0v) is 11.8. The van der Waals surface area contributed by atoms with Crippen LogP contribution in [-0.4, -0.2) is 33.0 Å². The van der Waals surface area contributed by atoms with Crippen molar-refractivity contribution in [2.45, 2.75) is 26.3 Å². The summed E-state index contributed by atoms with van der Waals surface area (Å²) in [5.74, 6) is 1.68. The fourth-order valence-electron chi connectivity index (χ4n) is 2.15. The van der Waals surface area contributed by atoms with Crippen molar-refractivity contribution in [2.24, 2.45) is 0 Å². The molecule has 4 heteroatoms. The van der Waals surface area contributed by atoms with Crippen LogP contribution in [-0.2, 0) is 4.74 Å². The van der Waals surface area contributed by atoms with Crippen molar-refractivity contribution in [2.75, 3.05) is 33.0 Å². The van der Waals surface area contributed by atoms with E-state index in [2.05, 4.69) is 24.4 Å². The molecular weight excluding hydrogens is 242 g/mol. The summed E-state index contributed by atoms with van der Waals surface area (Å²) in [6.07, 6.45) is 0.930. The number of likely N-dealkylation sites (N-methyl/N-ethyl adjacent to an activating group) is 1. The number of rotatable bonds is 6. The monoisotopic (exact) mass is 265 g/mol. The Morgan fingerprint density at radius 2 is 2.00 bits per heavy atom. The molecule has 1 heterocycles. The smallest absolute Gasteiger partial charge is 0.161 e. The molecule has 2 rings (SSSR count). The fraction of sp³-hybridized carbons (Fsp3) is 0.600. The van der Waals surface area contributed by atoms with Crippen LogP contribution in [0.3, 0.4) is 0 Å². The minimum atomic E-state index is 0.196. The average Bonchev–Trinajstić information content (AvgIpc) is 2.67. The van der Waals surface area contributed by atoms with Crippen molar-refractivity contribution in [3.63, 3.8) is 0 Å². The maximum atomic E-state index is 5.73. The van der Waals surface area contributed by atoms with Crippen LogP contribution in [0.2, 0.25) is 0 Å². The molecule has 0 fully saturated rings. The number of nitrogens with one attached hydrogen (secondary N) is 1. The van der Waals surface area contributed by atoms with Crippen LogP contribution in [0.15, 0.2) is 18.2 Å². The van der Waals surface area contributed by atoms with E-state index in [1.54, 1.807) is 0 Å². The van der Waals surface area contributed by atoms with Crippen molar-refractivity contribution < 1.29 is 14.2 Å². The van der Waals surface area contributed by atoms with E-state index in [-0.39, 0.29) is 6.04 Å². The van der Waals surface area contributed by atoms with Crippen molar-refractivity contribution in [3.05, 3.63) is 23.8 Å². The van der Waals surface area contributed by atoms with E-state index in [1.807, 2.05) is 13.0 Å². The second-order valence-corrected chi connectivity index (χ2v) is 4.53. The third-order valence-electron chi connectivity index (χ3n) is 3.11. The lowest BCUT2D eigenvalue weighted by Gasteiger charge is -2.19. The van der Waals surface area contributed by atoms with Crippen LogP contribution in [0.5, 0.6) is 11.5 Å². The number of hydrogen-bond acceptors (Lipinski definition) is 4. The maximum Gasteiger partial charge on any atom is 0.161 e. The Morgan fingerprint density at radius 3 is 2.74 bits per heavy atom. The van der Waals surface area contributed by atoms with Crippen LogP contribution in [0.4, 0.5) is 0 Å². The summed E-state index contributed by atoms with van der Waals surface area (Å²) >= 11 is 0. The topological polar surface area (TPSA) is 39.7 Å². The SMILES string of the molecule is CCNC(COCC)c1ccc2c(c1)OCCCO2. The summed E-state index contributed by atoms with van der Waals surface area (Å²) in [4.78, 5) is 0. The van der Waals surface area contributed by atoms with Gasteiger partial charge in [0.25, 0.3) is 0 Å². The zero-order chi connectivity index (χ0) is 13.5. The van der Waals surface area contributed by atoms with E-state index < -0.39 is 0 Å². The highest BCUT2D eigenvalue weighted by molar-refractivity contribution is 5.44. The fourth-order valence-corrected chi connectivity index (χ4v) is 2.15. The summed E-state index contributed by atoms with van der Waals surface area (Å²) in [6, 6.07) is 6.33. The summed E-state index contributed by atoms with van der Waals surface area (Å²) in [5, 5.41) is 3.43. The largest absolute Gasteiger partial charge is 0.490 e. The first-order valence-electron chi connectivity index (χ1n) is 7.05. The molecular formula is C15H23NO3. The zero-order valence-electron chi connectivity index (χ0n) is 11.8. The van der Waals surface area contributed by atoms with Crippen molar-refractivity contribution in [3.8, 4) is 11.5 Å². The molecule has 4 nitrogen and oxygen atoms in total. The van der Waals surface area contributed by atoms with Gasteiger partial charge in [-0.25, -0.2) is 0 Å². The molecule has 1 atom stereocenters. The Bertz CT molecular complexity index is 395. The van der Waals surface area contributed by atoms with Crippen LogP contribution >= 0.6 is 0 Å². The van der Waals surface area contributed by atoms with Gasteiger partial charge in [-0.2, -0.15) is 0 Å². The molecule has 0 bridgehead atoms. The summed E-state index contributed by atoms with van der Waals surface area (Å²) in [5.41, 5.74) is 1.18. The Labute approximate surface area is 115 Å². The molecule has 1 aliphatic heterocycles. The van der Waals surface area contributed by atoms with E-state index in [9.17, 15) is 0 Å². The number of benzene rings is 1. The van der Waals surface area contributed by atoms with Gasteiger partial charge in [0, 0.05) is 13.0 Å². The van der Waals surface area contributed by atoms with Crippen LogP contribution < -0.4 is 14.8 Å². The highest BCUT2D eigenvalue weighted by atomic mass is 16.5. The first-order chi connectivity index (χ1) is 9.35. The van der Waals surface area contributed by atoms with Crippen LogP contribution in [0.1, 0.15) is 31.9 Å². The van der Waals surface area contributed by atoms with E-state index in [0.717, 1.165) is 37.7 Å². The Morgan fingerprint density at radius 1 is 1.21 bits per heavy atom. The second kappa shape index (κ2) is 7.36. The summed E-state index contributed by atoms with van der Waals surface area (Å²) in [7, 11) is 0. The average molecular weight is 265 g/mol.